The number of aromatic nitrogens is 3. The third-order valence-electron chi connectivity index (χ3n) is 4.59. The lowest BCUT2D eigenvalue weighted by Gasteiger charge is -2.09. The average molecular weight is 430 g/mol. The Kier molecular flexibility index (Phi) is 5.78. The van der Waals surface area contributed by atoms with E-state index in [0.717, 1.165) is 4.88 Å². The van der Waals surface area contributed by atoms with E-state index in [1.54, 1.807) is 52.5 Å². The highest BCUT2D eigenvalue weighted by Gasteiger charge is 2.17. The van der Waals surface area contributed by atoms with Crippen molar-refractivity contribution < 1.29 is 9.59 Å². The molecular formula is C23H19N5O2S. The molecule has 0 aliphatic rings. The van der Waals surface area contributed by atoms with E-state index in [4.69, 9.17) is 6.42 Å². The maximum Gasteiger partial charge on any atom is 0.252 e. The minimum Gasteiger partial charge on any atom is -0.343 e. The van der Waals surface area contributed by atoms with Crippen LogP contribution in [0.4, 0.5) is 5.69 Å². The summed E-state index contributed by atoms with van der Waals surface area (Å²) in [5.41, 5.74) is 3.00. The van der Waals surface area contributed by atoms with Gasteiger partial charge < -0.3 is 10.6 Å². The molecule has 31 heavy (non-hydrogen) atoms. The van der Waals surface area contributed by atoms with Crippen LogP contribution in [0.15, 0.2) is 54.0 Å². The lowest BCUT2D eigenvalue weighted by molar-refractivity contribution is -0.115. The van der Waals surface area contributed by atoms with Gasteiger partial charge in [0, 0.05) is 21.8 Å². The van der Waals surface area contributed by atoms with Gasteiger partial charge in [-0.3, -0.25) is 9.59 Å². The van der Waals surface area contributed by atoms with Crippen LogP contribution in [0.5, 0.6) is 0 Å². The molecule has 0 saturated heterocycles. The maximum atomic E-state index is 12.8. The van der Waals surface area contributed by atoms with Gasteiger partial charge in [0.15, 0.2) is 5.65 Å². The van der Waals surface area contributed by atoms with Crippen LogP contribution in [0.3, 0.4) is 0 Å². The number of thiophene rings is 1. The lowest BCUT2D eigenvalue weighted by Crippen LogP contribution is -2.33. The number of hydrogen-bond donors (Lipinski definition) is 2. The number of carbonyl (C=O) groups excluding carboxylic acids is 2. The molecule has 154 valence electrons. The van der Waals surface area contributed by atoms with Gasteiger partial charge in [0.1, 0.15) is 0 Å². The molecule has 0 fully saturated rings. The first-order valence-electron chi connectivity index (χ1n) is 9.54. The van der Waals surface area contributed by atoms with E-state index < -0.39 is 0 Å². The van der Waals surface area contributed by atoms with E-state index in [-0.39, 0.29) is 18.4 Å². The van der Waals surface area contributed by atoms with Crippen LogP contribution in [0.25, 0.3) is 11.0 Å². The van der Waals surface area contributed by atoms with Crippen LogP contribution in [0.1, 0.15) is 26.5 Å². The fourth-order valence-corrected chi connectivity index (χ4v) is 3.86. The van der Waals surface area contributed by atoms with Gasteiger partial charge in [-0.1, -0.05) is 18.1 Å². The van der Waals surface area contributed by atoms with Gasteiger partial charge in [-0.25, -0.2) is 9.67 Å². The highest BCUT2D eigenvalue weighted by Crippen LogP contribution is 2.20. The van der Waals surface area contributed by atoms with Crippen LogP contribution in [0.2, 0.25) is 0 Å². The molecule has 0 saturated carbocycles. The Hall–Kier alpha value is -3.96. The smallest absolute Gasteiger partial charge is 0.252 e. The zero-order chi connectivity index (χ0) is 21.8. The van der Waals surface area contributed by atoms with E-state index in [2.05, 4.69) is 26.6 Å². The van der Waals surface area contributed by atoms with Gasteiger partial charge >= 0.3 is 0 Å². The van der Waals surface area contributed by atoms with E-state index in [1.807, 2.05) is 24.4 Å². The molecule has 3 heterocycles. The number of terminal acetylenes is 1. The summed E-state index contributed by atoms with van der Waals surface area (Å²) < 4.78 is 1.77. The van der Waals surface area contributed by atoms with Gasteiger partial charge in [0.2, 0.25) is 5.91 Å². The largest absolute Gasteiger partial charge is 0.343 e. The normalized spacial score (nSPS) is 10.6. The summed E-state index contributed by atoms with van der Waals surface area (Å²) in [7, 11) is 0. The SMILES string of the molecule is C#Cc1cccc(NC(=O)CNC(=O)c2cc(C)nc3c2cnn3Cc2cccs2)c1. The summed E-state index contributed by atoms with van der Waals surface area (Å²) in [4.78, 5) is 30.8. The molecule has 8 heteroatoms. The zero-order valence-corrected chi connectivity index (χ0v) is 17.6. The van der Waals surface area contributed by atoms with Crippen molar-refractivity contribution in [1.29, 1.82) is 0 Å². The van der Waals surface area contributed by atoms with Crippen LogP contribution >= 0.6 is 11.3 Å². The maximum absolute atomic E-state index is 12.8. The molecule has 2 amide bonds. The zero-order valence-electron chi connectivity index (χ0n) is 16.8. The van der Waals surface area contributed by atoms with Crippen molar-refractivity contribution in [2.45, 2.75) is 13.5 Å². The van der Waals surface area contributed by atoms with E-state index in [0.29, 0.717) is 40.1 Å². The van der Waals surface area contributed by atoms with Crippen molar-refractivity contribution in [3.63, 3.8) is 0 Å². The molecule has 4 rings (SSSR count). The molecule has 0 bridgehead atoms. The van der Waals surface area contributed by atoms with E-state index in [1.165, 1.54) is 0 Å². The first-order valence-corrected chi connectivity index (χ1v) is 10.4. The summed E-state index contributed by atoms with van der Waals surface area (Å²) in [5.74, 6) is 1.80. The van der Waals surface area contributed by atoms with Crippen molar-refractivity contribution >= 4 is 39.9 Å². The number of aryl methyl sites for hydroxylation is 1. The number of amides is 2. The molecule has 0 aliphatic carbocycles. The second-order valence-electron chi connectivity index (χ2n) is 6.89. The van der Waals surface area contributed by atoms with Crippen LogP contribution in [0, 0.1) is 19.3 Å². The van der Waals surface area contributed by atoms with Crippen molar-refractivity contribution in [3.05, 3.63) is 75.7 Å². The Morgan fingerprint density at radius 1 is 1.23 bits per heavy atom. The number of carbonyl (C=O) groups is 2. The Labute approximate surface area is 183 Å². The second-order valence-corrected chi connectivity index (χ2v) is 7.92. The van der Waals surface area contributed by atoms with Crippen molar-refractivity contribution in [3.8, 4) is 12.3 Å². The van der Waals surface area contributed by atoms with Crippen LogP contribution in [-0.4, -0.2) is 33.1 Å². The first kappa shape index (κ1) is 20.3. The van der Waals surface area contributed by atoms with Crippen molar-refractivity contribution in [1.82, 2.24) is 20.1 Å². The van der Waals surface area contributed by atoms with Gasteiger partial charge in [-0.05, 0) is 42.6 Å². The van der Waals surface area contributed by atoms with Gasteiger partial charge in [0.25, 0.3) is 5.91 Å². The minimum atomic E-state index is -0.362. The summed E-state index contributed by atoms with van der Waals surface area (Å²) in [6.07, 6.45) is 7.01. The molecule has 2 N–H and O–H groups in total. The molecule has 1 aromatic carbocycles. The Balaban J connectivity index is 1.48. The number of pyridine rings is 1. The Bertz CT molecular complexity index is 1300. The predicted octanol–water partition coefficient (Wildman–Crippen LogP) is 3.20. The molecule has 4 aromatic rings. The third kappa shape index (κ3) is 4.63. The predicted molar refractivity (Wildman–Crippen MR) is 121 cm³/mol. The third-order valence-corrected chi connectivity index (χ3v) is 5.45. The summed E-state index contributed by atoms with van der Waals surface area (Å²) in [6, 6.07) is 12.7. The Morgan fingerprint density at radius 2 is 2.10 bits per heavy atom. The fourth-order valence-electron chi connectivity index (χ4n) is 3.17. The van der Waals surface area contributed by atoms with Crippen LogP contribution in [-0.2, 0) is 11.3 Å². The van der Waals surface area contributed by atoms with Gasteiger partial charge in [-0.15, -0.1) is 17.8 Å². The van der Waals surface area contributed by atoms with E-state index >= 15 is 0 Å². The number of nitrogens with one attached hydrogen (secondary N) is 2. The minimum absolute atomic E-state index is 0.175. The number of fused-ring (bicyclic) bond motifs is 1. The fraction of sp³-hybridized carbons (Fsp3) is 0.130. The average Bonchev–Trinajstić information content (AvgIpc) is 3.42. The molecule has 3 aromatic heterocycles. The molecular weight excluding hydrogens is 410 g/mol. The highest BCUT2D eigenvalue weighted by atomic mass is 32.1. The van der Waals surface area contributed by atoms with Crippen molar-refractivity contribution in [2.24, 2.45) is 0 Å². The molecule has 0 unspecified atom stereocenters. The lowest BCUT2D eigenvalue weighted by atomic mass is 10.1. The molecule has 0 aliphatic heterocycles. The van der Waals surface area contributed by atoms with Crippen LogP contribution < -0.4 is 10.6 Å². The summed E-state index contributed by atoms with van der Waals surface area (Å²) in [6.45, 7) is 2.23. The number of hydrogen-bond acceptors (Lipinski definition) is 5. The molecule has 7 nitrogen and oxygen atoms in total. The molecule has 0 spiro atoms. The standard InChI is InChI=1S/C23H19N5O2S/c1-3-16-6-4-7-17(11-16)27-21(29)13-24-23(30)19-10-15(2)26-22-20(19)12-25-28(22)14-18-8-5-9-31-18/h1,4-12H,13-14H2,2H3,(H,24,30)(H,27,29). The molecule has 0 radical (unpaired) electrons. The second kappa shape index (κ2) is 8.81. The quantitative estimate of drug-likeness (QED) is 0.461. The van der Waals surface area contributed by atoms with E-state index in [9.17, 15) is 9.59 Å². The first-order chi connectivity index (χ1) is 15.0. The van der Waals surface area contributed by atoms with Crippen molar-refractivity contribution in [2.75, 3.05) is 11.9 Å². The van der Waals surface area contributed by atoms with Gasteiger partial charge in [-0.2, -0.15) is 5.10 Å². The number of nitrogens with zero attached hydrogens (tertiary/aromatic N) is 3. The number of rotatable bonds is 6. The summed E-state index contributed by atoms with van der Waals surface area (Å²) >= 11 is 1.64. The summed E-state index contributed by atoms with van der Waals surface area (Å²) in [5, 5.41) is 12.4. The topological polar surface area (TPSA) is 88.9 Å². The van der Waals surface area contributed by atoms with Gasteiger partial charge in [0.05, 0.1) is 30.2 Å². The number of anilines is 1. The number of benzene rings is 1. The highest BCUT2D eigenvalue weighted by molar-refractivity contribution is 7.09. The monoisotopic (exact) mass is 429 g/mol. The Morgan fingerprint density at radius 3 is 2.87 bits per heavy atom. The molecule has 0 atom stereocenters.